The van der Waals surface area contributed by atoms with Gasteiger partial charge in [-0.15, -0.1) is 0 Å². The second kappa shape index (κ2) is 7.49. The van der Waals surface area contributed by atoms with Crippen molar-refractivity contribution in [1.29, 1.82) is 0 Å². The lowest BCUT2D eigenvalue weighted by molar-refractivity contribution is -0.126. The Balaban J connectivity index is 1.82. The molecule has 0 radical (unpaired) electrons. The minimum Gasteiger partial charge on any atom is -0.496 e. The van der Waals surface area contributed by atoms with Crippen LogP contribution in [0.3, 0.4) is 0 Å². The van der Waals surface area contributed by atoms with Gasteiger partial charge in [-0.1, -0.05) is 48.5 Å². The number of carbonyl (C=O) groups is 1. The van der Waals surface area contributed by atoms with Crippen molar-refractivity contribution in [2.24, 2.45) is 0 Å². The first-order chi connectivity index (χ1) is 11.7. The second-order valence-corrected chi connectivity index (χ2v) is 6.32. The van der Waals surface area contributed by atoms with Gasteiger partial charge in [-0.25, -0.2) is 0 Å². The van der Waals surface area contributed by atoms with Crippen molar-refractivity contribution in [2.75, 3.05) is 14.2 Å². The normalized spacial score (nSPS) is 15.1. The van der Waals surface area contributed by atoms with Crippen LogP contribution in [0.25, 0.3) is 0 Å². The molecule has 3 rings (SSSR count). The Bertz CT molecular complexity index is 683. The van der Waals surface area contributed by atoms with Crippen molar-refractivity contribution in [1.82, 2.24) is 10.2 Å². The number of benzene rings is 2. The lowest BCUT2D eigenvalue weighted by Gasteiger charge is -2.28. The molecule has 0 heterocycles. The highest BCUT2D eigenvalue weighted by atomic mass is 16.5. The van der Waals surface area contributed by atoms with E-state index in [4.69, 9.17) is 4.74 Å². The van der Waals surface area contributed by atoms with Crippen LogP contribution in [0.4, 0.5) is 0 Å². The first-order valence-corrected chi connectivity index (χ1v) is 8.36. The molecule has 1 saturated carbocycles. The highest BCUT2D eigenvalue weighted by molar-refractivity contribution is 5.83. The van der Waals surface area contributed by atoms with Crippen molar-refractivity contribution >= 4 is 5.91 Å². The zero-order valence-corrected chi connectivity index (χ0v) is 14.2. The van der Waals surface area contributed by atoms with Gasteiger partial charge < -0.3 is 10.1 Å². The summed E-state index contributed by atoms with van der Waals surface area (Å²) in [4.78, 5) is 14.9. The predicted molar refractivity (Wildman–Crippen MR) is 94.8 cm³/mol. The van der Waals surface area contributed by atoms with Crippen molar-refractivity contribution in [3.05, 3.63) is 65.7 Å². The highest BCUT2D eigenvalue weighted by Gasteiger charge is 2.30. The Labute approximate surface area is 143 Å². The molecular formula is C20H24N2O2. The van der Waals surface area contributed by atoms with Gasteiger partial charge in [0, 0.05) is 18.2 Å². The molecule has 4 nitrogen and oxygen atoms in total. The Morgan fingerprint density at radius 1 is 1.17 bits per heavy atom. The van der Waals surface area contributed by atoms with E-state index >= 15 is 0 Å². The molecule has 1 aliphatic carbocycles. The van der Waals surface area contributed by atoms with E-state index in [-0.39, 0.29) is 11.9 Å². The number of ether oxygens (including phenoxy) is 1. The Kier molecular flexibility index (Phi) is 5.16. The molecule has 2 aromatic rings. The number of hydrogen-bond donors (Lipinski definition) is 1. The SMILES string of the molecule is COc1ccccc1CN(C)[C@@H](C(=O)NC1CC1)c1ccccc1. The van der Waals surface area contributed by atoms with Gasteiger partial charge in [0.1, 0.15) is 11.8 Å². The average Bonchev–Trinajstić information content (AvgIpc) is 3.40. The molecule has 1 atom stereocenters. The van der Waals surface area contributed by atoms with Gasteiger partial charge in [0.25, 0.3) is 0 Å². The number of methoxy groups -OCH3 is 1. The number of likely N-dealkylation sites (N-methyl/N-ethyl adjacent to an activating group) is 1. The lowest BCUT2D eigenvalue weighted by atomic mass is 10.0. The summed E-state index contributed by atoms with van der Waals surface area (Å²) in [6, 6.07) is 17.9. The van der Waals surface area contributed by atoms with E-state index in [0.717, 1.165) is 29.7 Å². The van der Waals surface area contributed by atoms with Gasteiger partial charge >= 0.3 is 0 Å². The van der Waals surface area contributed by atoms with Crippen LogP contribution in [0, 0.1) is 0 Å². The second-order valence-electron chi connectivity index (χ2n) is 6.32. The van der Waals surface area contributed by atoms with E-state index < -0.39 is 0 Å². The monoisotopic (exact) mass is 324 g/mol. The molecule has 1 fully saturated rings. The molecule has 1 N–H and O–H groups in total. The highest BCUT2D eigenvalue weighted by Crippen LogP contribution is 2.27. The largest absolute Gasteiger partial charge is 0.496 e. The number of carbonyl (C=O) groups excluding carboxylic acids is 1. The van der Waals surface area contributed by atoms with Crippen molar-refractivity contribution < 1.29 is 9.53 Å². The van der Waals surface area contributed by atoms with Crippen molar-refractivity contribution in [3.63, 3.8) is 0 Å². The molecule has 0 bridgehead atoms. The molecule has 4 heteroatoms. The molecule has 0 unspecified atom stereocenters. The number of rotatable bonds is 7. The van der Waals surface area contributed by atoms with E-state index in [9.17, 15) is 4.79 Å². The fraction of sp³-hybridized carbons (Fsp3) is 0.350. The number of nitrogens with one attached hydrogen (secondary N) is 1. The summed E-state index contributed by atoms with van der Waals surface area (Å²) < 4.78 is 5.44. The van der Waals surface area contributed by atoms with Crippen LogP contribution >= 0.6 is 0 Å². The molecule has 0 spiro atoms. The molecule has 24 heavy (non-hydrogen) atoms. The van der Waals surface area contributed by atoms with Crippen LogP contribution in [0.15, 0.2) is 54.6 Å². The molecular weight excluding hydrogens is 300 g/mol. The van der Waals surface area contributed by atoms with Crippen LogP contribution < -0.4 is 10.1 Å². The number of para-hydroxylation sites is 1. The minimum absolute atomic E-state index is 0.0705. The van der Waals surface area contributed by atoms with Gasteiger partial charge in [0.05, 0.1) is 7.11 Å². The molecule has 126 valence electrons. The average molecular weight is 324 g/mol. The van der Waals surface area contributed by atoms with Crippen LogP contribution in [0.5, 0.6) is 5.75 Å². The van der Waals surface area contributed by atoms with Gasteiger partial charge in [0.15, 0.2) is 0 Å². The van der Waals surface area contributed by atoms with E-state index in [2.05, 4.69) is 10.2 Å². The third-order valence-corrected chi connectivity index (χ3v) is 4.34. The Hall–Kier alpha value is -2.33. The predicted octanol–water partition coefficient (Wildman–Crippen LogP) is 3.15. The summed E-state index contributed by atoms with van der Waals surface area (Å²) >= 11 is 0. The van der Waals surface area contributed by atoms with E-state index in [0.29, 0.717) is 12.6 Å². The van der Waals surface area contributed by atoms with Gasteiger partial charge in [-0.05, 0) is 31.5 Å². The lowest BCUT2D eigenvalue weighted by Crippen LogP contribution is -2.39. The number of hydrogen-bond acceptors (Lipinski definition) is 3. The number of amides is 1. The fourth-order valence-corrected chi connectivity index (χ4v) is 2.94. The van der Waals surface area contributed by atoms with Gasteiger partial charge in [-0.3, -0.25) is 9.69 Å². The zero-order valence-electron chi connectivity index (χ0n) is 14.2. The van der Waals surface area contributed by atoms with E-state index in [1.54, 1.807) is 7.11 Å². The van der Waals surface area contributed by atoms with E-state index in [1.807, 2.05) is 61.6 Å². The molecule has 0 aromatic heterocycles. The molecule has 0 saturated heterocycles. The summed E-state index contributed by atoms with van der Waals surface area (Å²) in [7, 11) is 3.66. The third-order valence-electron chi connectivity index (χ3n) is 4.34. The van der Waals surface area contributed by atoms with Crippen molar-refractivity contribution in [3.8, 4) is 5.75 Å². The Morgan fingerprint density at radius 3 is 2.50 bits per heavy atom. The van der Waals surface area contributed by atoms with Crippen LogP contribution in [-0.4, -0.2) is 31.0 Å². The third kappa shape index (κ3) is 3.95. The van der Waals surface area contributed by atoms with Crippen molar-refractivity contribution in [2.45, 2.75) is 31.5 Å². The molecule has 2 aromatic carbocycles. The summed E-state index contributed by atoms with van der Waals surface area (Å²) in [6.07, 6.45) is 2.17. The smallest absolute Gasteiger partial charge is 0.242 e. The standard InChI is InChI=1S/C20H24N2O2/c1-22(14-16-10-6-7-11-18(16)24-2)19(15-8-4-3-5-9-15)20(23)21-17-12-13-17/h3-11,17,19H,12-14H2,1-2H3,(H,21,23)/t19-/m1/s1. The topological polar surface area (TPSA) is 41.6 Å². The maximum absolute atomic E-state index is 12.8. The number of nitrogens with zero attached hydrogens (tertiary/aromatic N) is 1. The summed E-state index contributed by atoms with van der Waals surface area (Å²) in [6.45, 7) is 0.641. The first-order valence-electron chi connectivity index (χ1n) is 8.36. The van der Waals surface area contributed by atoms with Crippen LogP contribution in [0.2, 0.25) is 0 Å². The molecule has 1 amide bonds. The van der Waals surface area contributed by atoms with E-state index in [1.165, 1.54) is 0 Å². The van der Waals surface area contributed by atoms with Crippen LogP contribution in [-0.2, 0) is 11.3 Å². The van der Waals surface area contributed by atoms with Gasteiger partial charge in [0.2, 0.25) is 5.91 Å². The maximum atomic E-state index is 12.8. The summed E-state index contributed by atoms with van der Waals surface area (Å²) in [5, 5.41) is 3.14. The summed E-state index contributed by atoms with van der Waals surface area (Å²) in [5.74, 6) is 0.917. The van der Waals surface area contributed by atoms with Gasteiger partial charge in [-0.2, -0.15) is 0 Å². The quantitative estimate of drug-likeness (QED) is 0.851. The maximum Gasteiger partial charge on any atom is 0.242 e. The fourth-order valence-electron chi connectivity index (χ4n) is 2.94. The first kappa shape index (κ1) is 16.5. The zero-order chi connectivity index (χ0) is 16.9. The Morgan fingerprint density at radius 2 is 1.83 bits per heavy atom. The summed E-state index contributed by atoms with van der Waals surface area (Å²) in [5.41, 5.74) is 2.08. The van der Waals surface area contributed by atoms with Crippen LogP contribution in [0.1, 0.15) is 30.0 Å². The molecule has 0 aliphatic heterocycles. The molecule has 1 aliphatic rings. The minimum atomic E-state index is -0.309.